The number of carbonyl (C=O) groups is 2. The van der Waals surface area contributed by atoms with Crippen LogP contribution in [0.1, 0.15) is 6.92 Å². The summed E-state index contributed by atoms with van der Waals surface area (Å²) in [5.74, 6) is -7.24. The second-order valence-corrected chi connectivity index (χ2v) is 5.12. The Balaban J connectivity index is 3.19. The standard InChI is InChI=1S/C11H16F2N4O7/c1-3(18)16-5-7(21)9(12)11(13,10(22)23)24-8(5)6(20)4(19)2-15-17-14/h4-9,19-21H,2H2,1H3,(H,16,18)(H,22,23)/t4-,5-,6-,7?,8?,9?,11-/m1/s1. The summed E-state index contributed by atoms with van der Waals surface area (Å²) >= 11 is 0. The van der Waals surface area contributed by atoms with Crippen LogP contribution in [0.4, 0.5) is 8.78 Å². The Labute approximate surface area is 133 Å². The first kappa shape index (κ1) is 20.0. The molecule has 0 aromatic rings. The molecule has 11 nitrogen and oxygen atoms in total. The van der Waals surface area contributed by atoms with Crippen molar-refractivity contribution in [2.75, 3.05) is 6.54 Å². The van der Waals surface area contributed by atoms with E-state index in [1.165, 1.54) is 0 Å². The molecule has 1 amide bonds. The number of carboxylic acid groups (broad SMARTS) is 1. The van der Waals surface area contributed by atoms with Crippen molar-refractivity contribution >= 4 is 11.9 Å². The van der Waals surface area contributed by atoms with Gasteiger partial charge >= 0.3 is 11.8 Å². The smallest absolute Gasteiger partial charge is 0.372 e. The third-order valence-electron chi connectivity index (χ3n) is 3.41. The van der Waals surface area contributed by atoms with Crippen molar-refractivity contribution < 1.29 is 43.5 Å². The lowest BCUT2D eigenvalue weighted by Crippen LogP contribution is -2.71. The fraction of sp³-hybridized carbons (Fsp3) is 0.818. The summed E-state index contributed by atoms with van der Waals surface area (Å²) in [5.41, 5.74) is 8.16. The molecule has 7 atom stereocenters. The number of nitrogens with one attached hydrogen (secondary N) is 1. The Kier molecular flexibility index (Phi) is 6.40. The lowest BCUT2D eigenvalue weighted by atomic mass is 9.88. The van der Waals surface area contributed by atoms with Crippen molar-refractivity contribution in [3.05, 3.63) is 10.4 Å². The van der Waals surface area contributed by atoms with E-state index in [1.807, 2.05) is 5.32 Å². The number of rotatable bonds is 6. The Hall–Kier alpha value is -2.05. The molecular formula is C11H16F2N4O7. The highest BCUT2D eigenvalue weighted by Gasteiger charge is 2.62. The third-order valence-corrected chi connectivity index (χ3v) is 3.41. The molecule has 0 aromatic carbocycles. The number of amides is 1. The van der Waals surface area contributed by atoms with Gasteiger partial charge in [-0.1, -0.05) is 5.11 Å². The average Bonchev–Trinajstić information content (AvgIpc) is 2.51. The molecule has 1 rings (SSSR count). The third kappa shape index (κ3) is 3.88. The number of carbonyl (C=O) groups excluding carboxylic acids is 1. The first-order valence-electron chi connectivity index (χ1n) is 6.62. The zero-order valence-electron chi connectivity index (χ0n) is 12.3. The predicted octanol–water partition coefficient (Wildman–Crippen LogP) is -1.63. The fourth-order valence-electron chi connectivity index (χ4n) is 2.23. The van der Waals surface area contributed by atoms with E-state index in [4.69, 9.17) is 10.6 Å². The zero-order valence-corrected chi connectivity index (χ0v) is 12.3. The normalized spacial score (nSPS) is 35.4. The summed E-state index contributed by atoms with van der Waals surface area (Å²) in [6, 6.07) is -1.77. The fourth-order valence-corrected chi connectivity index (χ4v) is 2.23. The van der Waals surface area contributed by atoms with E-state index in [0.717, 1.165) is 6.92 Å². The van der Waals surface area contributed by atoms with Crippen LogP contribution in [-0.2, 0) is 14.3 Å². The second-order valence-electron chi connectivity index (χ2n) is 5.12. The number of hydrogen-bond acceptors (Lipinski definition) is 7. The summed E-state index contributed by atoms with van der Waals surface area (Å²) in [6.45, 7) is 0.264. The number of aliphatic hydroxyl groups is 3. The minimum atomic E-state index is -4.02. The summed E-state index contributed by atoms with van der Waals surface area (Å²) in [4.78, 5) is 24.4. The van der Waals surface area contributed by atoms with E-state index in [0.29, 0.717) is 0 Å². The quantitative estimate of drug-likeness (QED) is 0.215. The Morgan fingerprint density at radius 1 is 1.50 bits per heavy atom. The molecular weight excluding hydrogens is 338 g/mol. The number of halogens is 2. The summed E-state index contributed by atoms with van der Waals surface area (Å²) < 4.78 is 32.6. The highest BCUT2D eigenvalue weighted by atomic mass is 19.2. The van der Waals surface area contributed by atoms with Crippen molar-refractivity contribution in [3.8, 4) is 0 Å². The molecule has 1 aliphatic rings. The van der Waals surface area contributed by atoms with Crippen molar-refractivity contribution in [2.45, 2.75) is 49.4 Å². The molecule has 1 saturated heterocycles. The van der Waals surface area contributed by atoms with Gasteiger partial charge in [0, 0.05) is 11.8 Å². The van der Waals surface area contributed by atoms with Crippen LogP contribution in [-0.4, -0.2) is 81.3 Å². The van der Waals surface area contributed by atoms with Crippen molar-refractivity contribution in [1.82, 2.24) is 5.32 Å². The van der Waals surface area contributed by atoms with Crippen LogP contribution >= 0.6 is 0 Å². The van der Waals surface area contributed by atoms with E-state index in [-0.39, 0.29) is 0 Å². The monoisotopic (exact) mass is 354 g/mol. The molecule has 3 unspecified atom stereocenters. The van der Waals surface area contributed by atoms with Crippen molar-refractivity contribution in [1.29, 1.82) is 0 Å². The van der Waals surface area contributed by atoms with Gasteiger partial charge < -0.3 is 30.5 Å². The van der Waals surface area contributed by atoms with Crippen LogP contribution in [0.3, 0.4) is 0 Å². The molecule has 1 fully saturated rings. The van der Waals surface area contributed by atoms with Crippen LogP contribution < -0.4 is 5.32 Å². The van der Waals surface area contributed by atoms with Gasteiger partial charge in [-0.2, -0.15) is 4.39 Å². The molecule has 0 aromatic heterocycles. The summed E-state index contributed by atoms with van der Waals surface area (Å²) in [6.07, 6.45) is -11.5. The molecule has 0 spiro atoms. The number of nitrogens with zero attached hydrogens (tertiary/aromatic N) is 3. The molecule has 1 heterocycles. The lowest BCUT2D eigenvalue weighted by Gasteiger charge is -2.45. The van der Waals surface area contributed by atoms with Gasteiger partial charge in [-0.15, -0.1) is 0 Å². The van der Waals surface area contributed by atoms with Gasteiger partial charge in [-0.05, 0) is 5.53 Å². The molecule has 0 saturated carbocycles. The molecule has 136 valence electrons. The van der Waals surface area contributed by atoms with Crippen molar-refractivity contribution in [3.63, 3.8) is 0 Å². The van der Waals surface area contributed by atoms with Gasteiger partial charge in [-0.3, -0.25) is 4.79 Å². The van der Waals surface area contributed by atoms with E-state index < -0.39 is 60.9 Å². The lowest BCUT2D eigenvalue weighted by molar-refractivity contribution is -0.292. The zero-order chi connectivity index (χ0) is 18.7. The molecule has 0 radical (unpaired) electrons. The molecule has 5 N–H and O–H groups in total. The largest absolute Gasteiger partial charge is 0.477 e. The summed E-state index contributed by atoms with van der Waals surface area (Å²) in [7, 11) is 0. The minimum Gasteiger partial charge on any atom is -0.477 e. The van der Waals surface area contributed by atoms with Gasteiger partial charge in [0.25, 0.3) is 0 Å². The molecule has 0 bridgehead atoms. The number of carboxylic acids is 1. The van der Waals surface area contributed by atoms with Crippen LogP contribution in [0.5, 0.6) is 0 Å². The van der Waals surface area contributed by atoms with Gasteiger partial charge in [0.2, 0.25) is 5.91 Å². The van der Waals surface area contributed by atoms with Crippen LogP contribution in [0.2, 0.25) is 0 Å². The summed E-state index contributed by atoms with van der Waals surface area (Å²) in [5, 5.41) is 43.2. The van der Waals surface area contributed by atoms with Gasteiger partial charge in [-0.25, -0.2) is 9.18 Å². The van der Waals surface area contributed by atoms with E-state index in [1.54, 1.807) is 0 Å². The number of hydrogen-bond donors (Lipinski definition) is 5. The number of ether oxygens (including phenoxy) is 1. The van der Waals surface area contributed by atoms with Crippen molar-refractivity contribution in [2.24, 2.45) is 5.11 Å². The maximum absolute atomic E-state index is 14.2. The van der Waals surface area contributed by atoms with Gasteiger partial charge in [0.1, 0.15) is 18.3 Å². The number of aliphatic carboxylic acids is 1. The first-order chi connectivity index (χ1) is 11.1. The number of azide groups is 1. The molecule has 13 heteroatoms. The predicted molar refractivity (Wildman–Crippen MR) is 70.9 cm³/mol. The van der Waals surface area contributed by atoms with Crippen LogP contribution in [0.25, 0.3) is 10.4 Å². The SMILES string of the molecule is CC(=O)N[C@@H]1C(O)C(F)[C@](F)(C(=O)O)OC1[C@H](O)[C@H](O)CN=[N+]=[N-]. The van der Waals surface area contributed by atoms with Crippen LogP contribution in [0.15, 0.2) is 5.11 Å². The molecule has 24 heavy (non-hydrogen) atoms. The topological polar surface area (TPSA) is 185 Å². The van der Waals surface area contributed by atoms with Gasteiger partial charge in [0.15, 0.2) is 6.17 Å². The average molecular weight is 354 g/mol. The van der Waals surface area contributed by atoms with E-state index in [2.05, 4.69) is 14.8 Å². The first-order valence-corrected chi connectivity index (χ1v) is 6.62. The van der Waals surface area contributed by atoms with Gasteiger partial charge in [0.05, 0.1) is 18.7 Å². The highest BCUT2D eigenvalue weighted by molar-refractivity contribution is 5.77. The van der Waals surface area contributed by atoms with E-state index in [9.17, 15) is 33.7 Å². The Morgan fingerprint density at radius 2 is 2.08 bits per heavy atom. The maximum Gasteiger partial charge on any atom is 0.372 e. The van der Waals surface area contributed by atoms with E-state index >= 15 is 0 Å². The minimum absolute atomic E-state index is 0.703. The van der Waals surface area contributed by atoms with Crippen LogP contribution in [0, 0.1) is 0 Å². The second kappa shape index (κ2) is 7.68. The number of alkyl halides is 2. The molecule has 0 aliphatic carbocycles. The highest BCUT2D eigenvalue weighted by Crippen LogP contribution is 2.35. The molecule has 1 aliphatic heterocycles. The maximum atomic E-state index is 14.2. The Bertz CT molecular complexity index is 546. The Morgan fingerprint density at radius 3 is 2.54 bits per heavy atom. The number of aliphatic hydroxyl groups excluding tert-OH is 3.